The van der Waals surface area contributed by atoms with Gasteiger partial charge in [-0.25, -0.2) is 20.1 Å². The third-order valence-corrected chi connectivity index (χ3v) is 15.2. The van der Waals surface area contributed by atoms with Gasteiger partial charge in [-0.2, -0.15) is 0 Å². The van der Waals surface area contributed by atoms with Crippen molar-refractivity contribution in [2.24, 2.45) is 0 Å². The molecular weight excluding hydrogens is 294 g/mol. The van der Waals surface area contributed by atoms with Gasteiger partial charge in [0.05, 0.1) is 0 Å². The largest absolute Gasteiger partial charge is 0.317 e. The molecule has 0 bridgehead atoms. The maximum absolute atomic E-state index is 3.70. The fourth-order valence-electron chi connectivity index (χ4n) is 3.22. The summed E-state index contributed by atoms with van der Waals surface area (Å²) in [4.78, 5) is 0. The normalized spacial score (nSPS) is 14.4. The molecule has 0 amide bonds. The van der Waals surface area contributed by atoms with Crippen LogP contribution in [0.4, 0.5) is 0 Å². The molecule has 0 aliphatic carbocycles. The van der Waals surface area contributed by atoms with Crippen molar-refractivity contribution in [3.05, 3.63) is 0 Å². The first kappa shape index (κ1) is 21.7. The summed E-state index contributed by atoms with van der Waals surface area (Å²) >= 11 is 0. The van der Waals surface area contributed by atoms with Gasteiger partial charge in [-0.3, -0.25) is 0 Å². The summed E-state index contributed by atoms with van der Waals surface area (Å²) < 4.78 is 0. The average molecular weight is 338 g/mol. The molecule has 0 aromatic rings. The summed E-state index contributed by atoms with van der Waals surface area (Å²) in [6.45, 7) is 16.9. The van der Waals surface area contributed by atoms with Crippen molar-refractivity contribution in [1.82, 2.24) is 5.32 Å². The van der Waals surface area contributed by atoms with E-state index < -0.39 is 0 Å². The lowest BCUT2D eigenvalue weighted by molar-refractivity contribution is 0.665. The molecule has 1 nitrogen and oxygen atoms in total. The van der Waals surface area contributed by atoms with E-state index in [-0.39, 0.29) is 20.1 Å². The first-order valence-corrected chi connectivity index (χ1v) is 13.9. The standard InChI is InChI=1S/C18H43NS2/c1-7-20(8-2,9-3)17-13-15-19-16-14-18-21(10-4,11-5)12-6/h19H,7-18H2,1-6H3. The van der Waals surface area contributed by atoms with Crippen molar-refractivity contribution >= 4 is 20.1 Å². The Kier molecular flexibility index (Phi) is 12.5. The van der Waals surface area contributed by atoms with E-state index in [4.69, 9.17) is 0 Å². The lowest BCUT2D eigenvalue weighted by Gasteiger charge is -2.38. The van der Waals surface area contributed by atoms with E-state index in [1.165, 1.54) is 72.0 Å². The molecule has 0 saturated heterocycles. The van der Waals surface area contributed by atoms with E-state index >= 15 is 0 Å². The Morgan fingerprint density at radius 3 is 1.05 bits per heavy atom. The zero-order chi connectivity index (χ0) is 16.2. The summed E-state index contributed by atoms with van der Waals surface area (Å²) in [5.74, 6) is 11.5. The van der Waals surface area contributed by atoms with E-state index in [2.05, 4.69) is 46.9 Å². The Bertz CT molecular complexity index is 195. The molecule has 0 spiro atoms. The summed E-state index contributed by atoms with van der Waals surface area (Å²) in [5, 5.41) is 3.70. The monoisotopic (exact) mass is 337 g/mol. The second-order valence-electron chi connectivity index (χ2n) is 6.05. The van der Waals surface area contributed by atoms with Crippen molar-refractivity contribution in [1.29, 1.82) is 0 Å². The molecule has 0 aliphatic rings. The first-order valence-electron chi connectivity index (χ1n) is 9.26. The predicted octanol–water partition coefficient (Wildman–Crippen LogP) is 5.08. The van der Waals surface area contributed by atoms with Crippen LogP contribution in [0.25, 0.3) is 0 Å². The van der Waals surface area contributed by atoms with Gasteiger partial charge in [0.25, 0.3) is 0 Å². The zero-order valence-electron chi connectivity index (χ0n) is 15.8. The van der Waals surface area contributed by atoms with Gasteiger partial charge < -0.3 is 5.32 Å². The fraction of sp³-hybridized carbons (Fsp3) is 1.00. The van der Waals surface area contributed by atoms with Crippen LogP contribution in [0, 0.1) is 0 Å². The number of hydrogen-bond donors (Lipinski definition) is 1. The van der Waals surface area contributed by atoms with Gasteiger partial charge in [-0.1, -0.05) is 41.5 Å². The van der Waals surface area contributed by atoms with E-state index in [1.807, 2.05) is 0 Å². The maximum atomic E-state index is 3.70. The predicted molar refractivity (Wildman–Crippen MR) is 110 cm³/mol. The van der Waals surface area contributed by atoms with Crippen molar-refractivity contribution in [3.63, 3.8) is 0 Å². The van der Waals surface area contributed by atoms with E-state index in [9.17, 15) is 0 Å². The van der Waals surface area contributed by atoms with Gasteiger partial charge in [0.1, 0.15) is 0 Å². The van der Waals surface area contributed by atoms with Gasteiger partial charge in [0.2, 0.25) is 0 Å². The summed E-state index contributed by atoms with van der Waals surface area (Å²) in [6, 6.07) is 0. The minimum Gasteiger partial charge on any atom is -0.317 e. The Labute approximate surface area is 139 Å². The topological polar surface area (TPSA) is 12.0 Å². The Morgan fingerprint density at radius 2 is 0.810 bits per heavy atom. The highest BCUT2D eigenvalue weighted by Crippen LogP contribution is 2.47. The molecule has 0 rings (SSSR count). The van der Waals surface area contributed by atoms with Crippen molar-refractivity contribution in [2.45, 2.75) is 54.4 Å². The molecule has 21 heavy (non-hydrogen) atoms. The van der Waals surface area contributed by atoms with Crippen LogP contribution in [0.2, 0.25) is 0 Å². The van der Waals surface area contributed by atoms with Gasteiger partial charge in [0, 0.05) is 0 Å². The van der Waals surface area contributed by atoms with Crippen molar-refractivity contribution < 1.29 is 0 Å². The number of rotatable bonds is 14. The Balaban J connectivity index is 3.78. The second kappa shape index (κ2) is 12.1. The third kappa shape index (κ3) is 7.65. The molecule has 0 radical (unpaired) electrons. The molecule has 0 aliphatic heterocycles. The summed E-state index contributed by atoms with van der Waals surface area (Å²) in [5.41, 5.74) is 0. The average Bonchev–Trinajstić information content (AvgIpc) is 2.55. The number of nitrogens with one attached hydrogen (secondary N) is 1. The minimum absolute atomic E-state index is 0.274. The fourth-order valence-corrected chi connectivity index (χ4v) is 8.92. The molecule has 132 valence electrons. The highest BCUT2D eigenvalue weighted by molar-refractivity contribution is 8.33. The quantitative estimate of drug-likeness (QED) is 0.436. The van der Waals surface area contributed by atoms with Crippen LogP contribution in [0.3, 0.4) is 0 Å². The third-order valence-electron chi connectivity index (χ3n) is 5.54. The molecule has 0 heterocycles. The lowest BCUT2D eigenvalue weighted by atomic mass is 10.4. The van der Waals surface area contributed by atoms with Crippen molar-refractivity contribution in [3.8, 4) is 0 Å². The molecule has 0 aromatic heterocycles. The molecule has 0 atom stereocenters. The molecule has 0 saturated carbocycles. The molecule has 0 unspecified atom stereocenters. The van der Waals surface area contributed by atoms with Crippen LogP contribution in [-0.4, -0.2) is 59.1 Å². The SMILES string of the molecule is CCS(CC)(CC)CCCNCCCS(CC)(CC)CC. The molecule has 3 heteroatoms. The molecule has 0 fully saturated rings. The summed E-state index contributed by atoms with van der Waals surface area (Å²) in [7, 11) is -0.548. The van der Waals surface area contributed by atoms with Crippen molar-refractivity contribution in [2.75, 3.05) is 59.1 Å². The Hall–Kier alpha value is 0.660. The van der Waals surface area contributed by atoms with Crippen LogP contribution >= 0.6 is 20.1 Å². The summed E-state index contributed by atoms with van der Waals surface area (Å²) in [6.07, 6.45) is 2.77. The maximum Gasteiger partial charge on any atom is -0.00416 e. The smallest absolute Gasteiger partial charge is 0.00416 e. The minimum atomic E-state index is -0.274. The van der Waals surface area contributed by atoms with Gasteiger partial charge >= 0.3 is 0 Å². The van der Waals surface area contributed by atoms with Crippen LogP contribution in [0.1, 0.15) is 54.4 Å². The molecule has 0 aromatic carbocycles. The van der Waals surface area contributed by atoms with Crippen LogP contribution < -0.4 is 5.32 Å². The van der Waals surface area contributed by atoms with Crippen LogP contribution in [0.15, 0.2) is 0 Å². The molecule has 1 N–H and O–H groups in total. The van der Waals surface area contributed by atoms with Gasteiger partial charge in [-0.15, -0.1) is 0 Å². The van der Waals surface area contributed by atoms with Crippen LogP contribution in [0.5, 0.6) is 0 Å². The van der Waals surface area contributed by atoms with E-state index in [0.29, 0.717) is 0 Å². The Morgan fingerprint density at radius 1 is 0.524 bits per heavy atom. The highest BCUT2D eigenvalue weighted by atomic mass is 32.3. The lowest BCUT2D eigenvalue weighted by Crippen LogP contribution is -2.23. The van der Waals surface area contributed by atoms with Gasteiger partial charge in [-0.05, 0) is 72.0 Å². The van der Waals surface area contributed by atoms with Crippen LogP contribution in [-0.2, 0) is 0 Å². The highest BCUT2D eigenvalue weighted by Gasteiger charge is 2.17. The zero-order valence-corrected chi connectivity index (χ0v) is 17.4. The molecular formula is C18H43NS2. The first-order chi connectivity index (χ1) is 10.1. The number of hydrogen-bond acceptors (Lipinski definition) is 1. The van der Waals surface area contributed by atoms with E-state index in [0.717, 1.165) is 0 Å². The second-order valence-corrected chi connectivity index (χ2v) is 15.2. The van der Waals surface area contributed by atoms with E-state index in [1.54, 1.807) is 0 Å². The van der Waals surface area contributed by atoms with Gasteiger partial charge in [0.15, 0.2) is 0 Å².